The maximum absolute atomic E-state index is 12.7. The van der Waals surface area contributed by atoms with Gasteiger partial charge in [-0.1, -0.05) is 115 Å². The fourth-order valence-electron chi connectivity index (χ4n) is 5.17. The summed E-state index contributed by atoms with van der Waals surface area (Å²) in [5.41, 5.74) is 0. The number of carbonyl (C=O) groups is 1. The molecule has 1 rings (SSSR count). The van der Waals surface area contributed by atoms with E-state index in [1.54, 1.807) is 6.08 Å². The Kier molecular flexibility index (Phi) is 23.9. The molecule has 7 unspecified atom stereocenters. The zero-order chi connectivity index (χ0) is 31.7. The number of hydrogen-bond donors (Lipinski definition) is 6. The monoisotopic (exact) mass is 613 g/mol. The van der Waals surface area contributed by atoms with E-state index < -0.39 is 49.5 Å². The Balaban J connectivity index is 2.55. The number of unbranched alkanes of at least 4 members (excludes halogenated alkanes) is 14. The molecule has 1 aliphatic rings. The maximum Gasteiger partial charge on any atom is 0.220 e. The van der Waals surface area contributed by atoms with Gasteiger partial charge in [0.2, 0.25) is 5.91 Å². The first-order valence-electron chi connectivity index (χ1n) is 17.1. The molecule has 1 heterocycles. The summed E-state index contributed by atoms with van der Waals surface area (Å²) in [6, 6.07) is -0.812. The highest BCUT2D eigenvalue weighted by atomic mass is 16.7. The van der Waals surface area contributed by atoms with Crippen molar-refractivity contribution >= 4 is 5.91 Å². The van der Waals surface area contributed by atoms with Gasteiger partial charge in [0.05, 0.1) is 25.4 Å². The van der Waals surface area contributed by atoms with Crippen LogP contribution in [0.25, 0.3) is 0 Å². The van der Waals surface area contributed by atoms with Gasteiger partial charge in [-0.25, -0.2) is 0 Å². The number of amides is 1. The zero-order valence-electron chi connectivity index (χ0n) is 27.0. The van der Waals surface area contributed by atoms with Crippen molar-refractivity contribution in [2.75, 3.05) is 13.2 Å². The van der Waals surface area contributed by atoms with Gasteiger partial charge in [-0.3, -0.25) is 4.79 Å². The molecule has 7 atom stereocenters. The summed E-state index contributed by atoms with van der Waals surface area (Å²) >= 11 is 0. The largest absolute Gasteiger partial charge is 0.394 e. The lowest BCUT2D eigenvalue weighted by Gasteiger charge is -2.40. The highest BCUT2D eigenvalue weighted by molar-refractivity contribution is 5.76. The number of ether oxygens (including phenoxy) is 2. The topological polar surface area (TPSA) is 149 Å². The molecule has 9 nitrogen and oxygen atoms in total. The average Bonchev–Trinajstić information content (AvgIpc) is 3.00. The molecular formula is C34H63NO8. The molecule has 0 aromatic carbocycles. The Morgan fingerprint density at radius 2 is 1.33 bits per heavy atom. The van der Waals surface area contributed by atoms with Crippen LogP contribution in [0.5, 0.6) is 0 Å². The lowest BCUT2D eigenvalue weighted by molar-refractivity contribution is -0.302. The third-order valence-corrected chi connectivity index (χ3v) is 8.03. The van der Waals surface area contributed by atoms with E-state index in [1.807, 2.05) is 6.08 Å². The molecule has 0 aliphatic carbocycles. The van der Waals surface area contributed by atoms with Crippen LogP contribution in [0.4, 0.5) is 0 Å². The summed E-state index contributed by atoms with van der Waals surface area (Å²) in [4.78, 5) is 12.7. The van der Waals surface area contributed by atoms with Crippen LogP contribution in [-0.2, 0) is 14.3 Å². The van der Waals surface area contributed by atoms with Gasteiger partial charge in [-0.2, -0.15) is 0 Å². The second kappa shape index (κ2) is 25.9. The molecule has 0 radical (unpaired) electrons. The van der Waals surface area contributed by atoms with Crippen molar-refractivity contribution in [3.05, 3.63) is 24.3 Å². The van der Waals surface area contributed by atoms with Gasteiger partial charge < -0.3 is 40.3 Å². The second-order valence-electron chi connectivity index (χ2n) is 12.0. The molecule has 1 aliphatic heterocycles. The van der Waals surface area contributed by atoms with E-state index in [1.165, 1.54) is 70.6 Å². The van der Waals surface area contributed by atoms with Gasteiger partial charge >= 0.3 is 0 Å². The molecule has 0 aromatic rings. The van der Waals surface area contributed by atoms with Crippen LogP contribution in [0.1, 0.15) is 129 Å². The van der Waals surface area contributed by atoms with Crippen molar-refractivity contribution in [1.29, 1.82) is 0 Å². The van der Waals surface area contributed by atoms with Crippen LogP contribution in [0, 0.1) is 0 Å². The molecule has 9 heteroatoms. The molecular weight excluding hydrogens is 550 g/mol. The molecule has 0 bridgehead atoms. The number of hydrogen-bond acceptors (Lipinski definition) is 8. The first kappa shape index (κ1) is 39.7. The summed E-state index contributed by atoms with van der Waals surface area (Å²) in [7, 11) is 0. The van der Waals surface area contributed by atoms with E-state index in [4.69, 9.17) is 9.47 Å². The first-order chi connectivity index (χ1) is 20.8. The van der Waals surface area contributed by atoms with E-state index in [0.717, 1.165) is 38.5 Å². The summed E-state index contributed by atoms with van der Waals surface area (Å²) in [6.07, 6.45) is 19.6. The molecule has 1 fully saturated rings. The SMILES string of the molecule is CCCCCCCCC/C=C/CC/C=C/C(O)C(COC1OC(CO)C(O)C(O)C1O)NC(=O)CCCCCCCCC. The predicted octanol–water partition coefficient (Wildman–Crippen LogP) is 4.82. The number of allylic oxidation sites excluding steroid dienone is 3. The van der Waals surface area contributed by atoms with E-state index in [-0.39, 0.29) is 12.5 Å². The van der Waals surface area contributed by atoms with E-state index >= 15 is 0 Å². The first-order valence-corrected chi connectivity index (χ1v) is 17.1. The second-order valence-corrected chi connectivity index (χ2v) is 12.0. The normalized spacial score (nSPS) is 24.1. The van der Waals surface area contributed by atoms with Crippen LogP contribution in [0.2, 0.25) is 0 Å². The standard InChI is InChI=1S/C34H63NO8/c1-3-5-7-9-11-12-13-14-15-16-18-19-21-23-28(37)27(35-30(38)24-22-20-17-10-8-6-4-2)26-42-34-33(41)32(40)31(39)29(25-36)43-34/h15-16,21,23,27-29,31-34,36-37,39-41H,3-14,17-20,22,24-26H2,1-2H3,(H,35,38)/b16-15+,23-21+. The average molecular weight is 614 g/mol. The van der Waals surface area contributed by atoms with Gasteiger partial charge in [-0.15, -0.1) is 0 Å². The number of carbonyl (C=O) groups excluding carboxylic acids is 1. The highest BCUT2D eigenvalue weighted by Gasteiger charge is 2.44. The highest BCUT2D eigenvalue weighted by Crippen LogP contribution is 2.22. The molecule has 252 valence electrons. The molecule has 0 aromatic heterocycles. The van der Waals surface area contributed by atoms with Crippen molar-refractivity contribution in [2.24, 2.45) is 0 Å². The minimum Gasteiger partial charge on any atom is -0.394 e. The Bertz CT molecular complexity index is 731. The molecule has 43 heavy (non-hydrogen) atoms. The van der Waals surface area contributed by atoms with E-state index in [2.05, 4.69) is 31.3 Å². The Hall–Kier alpha value is -1.33. The number of rotatable bonds is 26. The van der Waals surface area contributed by atoms with Gasteiger partial charge in [0.25, 0.3) is 0 Å². The molecule has 0 saturated carbocycles. The number of aliphatic hydroxyl groups excluding tert-OH is 5. The van der Waals surface area contributed by atoms with Crippen LogP contribution < -0.4 is 5.32 Å². The summed E-state index contributed by atoms with van der Waals surface area (Å²) in [5.74, 6) is -0.197. The smallest absolute Gasteiger partial charge is 0.220 e. The quantitative estimate of drug-likeness (QED) is 0.0601. The van der Waals surface area contributed by atoms with Crippen LogP contribution >= 0.6 is 0 Å². The Morgan fingerprint density at radius 3 is 1.95 bits per heavy atom. The summed E-state index contributed by atoms with van der Waals surface area (Å²) < 4.78 is 11.1. The van der Waals surface area contributed by atoms with Gasteiger partial charge in [0.1, 0.15) is 24.4 Å². The molecule has 0 spiro atoms. The minimum absolute atomic E-state index is 0.197. The van der Waals surface area contributed by atoms with Crippen molar-refractivity contribution < 1.29 is 39.8 Å². The van der Waals surface area contributed by atoms with Crippen molar-refractivity contribution in [3.63, 3.8) is 0 Å². The zero-order valence-corrected chi connectivity index (χ0v) is 27.0. The van der Waals surface area contributed by atoms with E-state index in [9.17, 15) is 30.3 Å². The van der Waals surface area contributed by atoms with Gasteiger partial charge in [0.15, 0.2) is 6.29 Å². The third-order valence-electron chi connectivity index (χ3n) is 8.03. The molecule has 6 N–H and O–H groups in total. The number of aliphatic hydroxyl groups is 5. The van der Waals surface area contributed by atoms with Crippen LogP contribution in [0.3, 0.4) is 0 Å². The van der Waals surface area contributed by atoms with Crippen molar-refractivity contribution in [1.82, 2.24) is 5.32 Å². The summed E-state index contributed by atoms with van der Waals surface area (Å²) in [5, 5.41) is 53.5. The van der Waals surface area contributed by atoms with Crippen LogP contribution in [0.15, 0.2) is 24.3 Å². The van der Waals surface area contributed by atoms with Crippen molar-refractivity contribution in [3.8, 4) is 0 Å². The predicted molar refractivity (Wildman–Crippen MR) is 170 cm³/mol. The van der Waals surface area contributed by atoms with Crippen molar-refractivity contribution in [2.45, 2.75) is 172 Å². The van der Waals surface area contributed by atoms with Gasteiger partial charge in [-0.05, 0) is 32.1 Å². The molecule has 1 saturated heterocycles. The fraction of sp³-hybridized carbons (Fsp3) is 0.853. The fourth-order valence-corrected chi connectivity index (χ4v) is 5.17. The third kappa shape index (κ3) is 18.3. The van der Waals surface area contributed by atoms with Gasteiger partial charge in [0, 0.05) is 6.42 Å². The van der Waals surface area contributed by atoms with Crippen LogP contribution in [-0.4, -0.2) is 87.5 Å². The Labute approximate surface area is 260 Å². The number of nitrogens with one attached hydrogen (secondary N) is 1. The molecule has 1 amide bonds. The Morgan fingerprint density at radius 1 is 0.767 bits per heavy atom. The maximum atomic E-state index is 12.7. The minimum atomic E-state index is -1.56. The lowest BCUT2D eigenvalue weighted by atomic mass is 9.99. The van der Waals surface area contributed by atoms with E-state index in [0.29, 0.717) is 6.42 Å². The lowest BCUT2D eigenvalue weighted by Crippen LogP contribution is -2.60. The summed E-state index contributed by atoms with van der Waals surface area (Å²) in [6.45, 7) is 3.65.